The number of likely N-dealkylation sites (N-methyl/N-ethyl adjacent to an activating group) is 1. The number of nitrogens with zero attached hydrogens (tertiary/aromatic N) is 1. The van der Waals surface area contributed by atoms with Crippen molar-refractivity contribution in [3.63, 3.8) is 0 Å². The van der Waals surface area contributed by atoms with E-state index < -0.39 is 7.82 Å². The van der Waals surface area contributed by atoms with E-state index in [2.05, 4.69) is 9.84 Å². The number of quaternary nitrogens is 1. The monoisotopic (exact) mass is 369 g/mol. The van der Waals surface area contributed by atoms with Crippen LogP contribution in [-0.4, -0.2) is 75.4 Å². The SMILES string of the molecule is C[N+](C)(CCOCCNC(=O)CCCCCN)CCOP(=O)([O-])O. The Kier molecular flexibility index (Phi) is 12.5. The summed E-state index contributed by atoms with van der Waals surface area (Å²) in [5, 5.41) is 2.79. The van der Waals surface area contributed by atoms with E-state index in [1.54, 1.807) is 0 Å². The van der Waals surface area contributed by atoms with Crippen molar-refractivity contribution >= 4 is 13.7 Å². The lowest BCUT2D eigenvalue weighted by molar-refractivity contribution is -0.890. The molecule has 9 nitrogen and oxygen atoms in total. The minimum Gasteiger partial charge on any atom is -0.756 e. The zero-order valence-electron chi connectivity index (χ0n) is 14.7. The summed E-state index contributed by atoms with van der Waals surface area (Å²) in [6, 6.07) is 0. The number of rotatable bonds is 15. The number of amides is 1. The van der Waals surface area contributed by atoms with E-state index in [0.29, 0.717) is 50.3 Å². The first-order valence-corrected chi connectivity index (χ1v) is 9.71. The Hall–Kier alpha value is -0.540. The van der Waals surface area contributed by atoms with Gasteiger partial charge in [0.25, 0.3) is 7.82 Å². The minimum absolute atomic E-state index is 0.0231. The van der Waals surface area contributed by atoms with Crippen molar-refractivity contribution in [1.29, 1.82) is 0 Å². The molecule has 0 saturated heterocycles. The Balaban J connectivity index is 3.57. The fourth-order valence-corrected chi connectivity index (χ4v) is 2.20. The van der Waals surface area contributed by atoms with Crippen LogP contribution in [0.15, 0.2) is 0 Å². The zero-order chi connectivity index (χ0) is 18.5. The van der Waals surface area contributed by atoms with Crippen LogP contribution >= 0.6 is 7.82 Å². The van der Waals surface area contributed by atoms with Gasteiger partial charge in [0.1, 0.15) is 19.7 Å². The van der Waals surface area contributed by atoms with Gasteiger partial charge in [-0.3, -0.25) is 9.36 Å². The predicted octanol–water partition coefficient (Wildman–Crippen LogP) is -0.808. The molecule has 1 amide bonds. The largest absolute Gasteiger partial charge is 0.756 e. The topological polar surface area (TPSA) is 134 Å². The molecule has 0 aliphatic rings. The van der Waals surface area contributed by atoms with E-state index in [1.807, 2.05) is 14.1 Å². The van der Waals surface area contributed by atoms with Gasteiger partial charge in [0.15, 0.2) is 0 Å². The van der Waals surface area contributed by atoms with Gasteiger partial charge >= 0.3 is 0 Å². The molecule has 4 N–H and O–H groups in total. The van der Waals surface area contributed by atoms with Crippen molar-refractivity contribution in [2.24, 2.45) is 5.73 Å². The van der Waals surface area contributed by atoms with Crippen LogP contribution in [0.2, 0.25) is 0 Å². The van der Waals surface area contributed by atoms with Gasteiger partial charge in [0, 0.05) is 13.0 Å². The normalized spacial score (nSPS) is 14.4. The number of unbranched alkanes of at least 4 members (excludes halogenated alkanes) is 2. The molecular weight excluding hydrogens is 337 g/mol. The van der Waals surface area contributed by atoms with Gasteiger partial charge in [0.05, 0.1) is 27.3 Å². The van der Waals surface area contributed by atoms with Gasteiger partial charge in [0.2, 0.25) is 5.91 Å². The molecule has 0 fully saturated rings. The van der Waals surface area contributed by atoms with Crippen LogP contribution in [-0.2, 0) is 18.6 Å². The number of hydrogen-bond donors (Lipinski definition) is 3. The van der Waals surface area contributed by atoms with E-state index in [9.17, 15) is 14.3 Å². The molecule has 1 atom stereocenters. The van der Waals surface area contributed by atoms with E-state index in [4.69, 9.17) is 15.4 Å². The number of nitrogens with one attached hydrogen (secondary N) is 1. The Morgan fingerprint density at radius 1 is 1.21 bits per heavy atom. The second-order valence-electron chi connectivity index (χ2n) is 6.25. The predicted molar refractivity (Wildman–Crippen MR) is 89.0 cm³/mol. The average molecular weight is 369 g/mol. The lowest BCUT2D eigenvalue weighted by Gasteiger charge is -2.30. The van der Waals surface area contributed by atoms with Crippen LogP contribution < -0.4 is 15.9 Å². The number of hydrogen-bond acceptors (Lipinski definition) is 6. The Labute approximate surface area is 144 Å². The highest BCUT2D eigenvalue weighted by Crippen LogP contribution is 2.29. The van der Waals surface area contributed by atoms with Gasteiger partial charge in [-0.15, -0.1) is 0 Å². The van der Waals surface area contributed by atoms with Crippen molar-refractivity contribution in [2.45, 2.75) is 25.7 Å². The third-order valence-corrected chi connectivity index (χ3v) is 3.98. The molecule has 144 valence electrons. The molecule has 10 heteroatoms. The fraction of sp³-hybridized carbons (Fsp3) is 0.929. The number of nitrogens with two attached hydrogens (primary N) is 1. The van der Waals surface area contributed by atoms with Crippen molar-refractivity contribution < 1.29 is 32.9 Å². The Morgan fingerprint density at radius 3 is 2.50 bits per heavy atom. The highest BCUT2D eigenvalue weighted by molar-refractivity contribution is 7.44. The molecule has 0 heterocycles. The maximum atomic E-state index is 11.5. The first kappa shape index (κ1) is 23.5. The maximum Gasteiger partial charge on any atom is 0.265 e. The summed E-state index contributed by atoms with van der Waals surface area (Å²) in [4.78, 5) is 30.5. The third-order valence-electron chi connectivity index (χ3n) is 3.47. The third kappa shape index (κ3) is 16.3. The summed E-state index contributed by atoms with van der Waals surface area (Å²) < 4.78 is 20.8. The highest BCUT2D eigenvalue weighted by Gasteiger charge is 2.16. The molecule has 0 aromatic rings. The smallest absolute Gasteiger partial charge is 0.265 e. The van der Waals surface area contributed by atoms with E-state index in [0.717, 1.165) is 19.3 Å². The molecule has 0 bridgehead atoms. The van der Waals surface area contributed by atoms with Crippen molar-refractivity contribution in [3.05, 3.63) is 0 Å². The molecule has 0 rings (SSSR count). The van der Waals surface area contributed by atoms with Gasteiger partial charge in [-0.1, -0.05) is 6.42 Å². The number of phosphoric ester groups is 1. The lowest BCUT2D eigenvalue weighted by Crippen LogP contribution is -2.44. The standard InChI is InChI=1S/C14H32N3O6P/c1-17(2,10-13-23-24(19,20)21)9-12-22-11-8-16-14(18)6-4-3-5-7-15/h3-13,15H2,1-2H3,(H2-,16,18,19,20,21). The molecule has 0 saturated carbocycles. The van der Waals surface area contributed by atoms with Crippen molar-refractivity contribution in [2.75, 3.05) is 60.1 Å². The molecular formula is C14H32N3O6P. The van der Waals surface area contributed by atoms with Gasteiger partial charge in [-0.2, -0.15) is 0 Å². The maximum absolute atomic E-state index is 11.5. The van der Waals surface area contributed by atoms with Gasteiger partial charge in [-0.05, 0) is 19.4 Å². The quantitative estimate of drug-likeness (QED) is 0.195. The van der Waals surface area contributed by atoms with Crippen LogP contribution in [0.3, 0.4) is 0 Å². The fourth-order valence-electron chi connectivity index (χ4n) is 1.89. The first-order chi connectivity index (χ1) is 11.2. The van der Waals surface area contributed by atoms with Crippen LogP contribution in [0, 0.1) is 0 Å². The Bertz CT molecular complexity index is 389. The van der Waals surface area contributed by atoms with Crippen LogP contribution in [0.1, 0.15) is 25.7 Å². The number of carbonyl (C=O) groups excluding carboxylic acids is 1. The number of phosphoric acid groups is 1. The summed E-state index contributed by atoms with van der Waals surface area (Å²) in [5.74, 6) is 0.0231. The van der Waals surface area contributed by atoms with E-state index in [1.165, 1.54) is 0 Å². The molecule has 1 unspecified atom stereocenters. The van der Waals surface area contributed by atoms with Gasteiger partial charge < -0.3 is 34.6 Å². The molecule has 0 spiro atoms. The lowest BCUT2D eigenvalue weighted by atomic mass is 10.2. The molecule has 0 aromatic heterocycles. The molecule has 0 aliphatic heterocycles. The average Bonchev–Trinajstić information content (AvgIpc) is 2.45. The Morgan fingerprint density at radius 2 is 1.88 bits per heavy atom. The van der Waals surface area contributed by atoms with Crippen molar-refractivity contribution in [3.8, 4) is 0 Å². The molecule has 0 aliphatic carbocycles. The minimum atomic E-state index is -4.65. The number of ether oxygens (including phenoxy) is 1. The summed E-state index contributed by atoms with van der Waals surface area (Å²) in [6.45, 7) is 3.04. The second kappa shape index (κ2) is 12.8. The molecule has 24 heavy (non-hydrogen) atoms. The number of carbonyl (C=O) groups is 1. The summed E-state index contributed by atoms with van der Waals surface area (Å²) >= 11 is 0. The molecule has 0 radical (unpaired) electrons. The summed E-state index contributed by atoms with van der Waals surface area (Å²) in [7, 11) is -0.841. The summed E-state index contributed by atoms with van der Waals surface area (Å²) in [5.41, 5.74) is 5.39. The molecule has 0 aromatic carbocycles. The van der Waals surface area contributed by atoms with Gasteiger partial charge in [-0.25, -0.2) is 0 Å². The second-order valence-corrected chi connectivity index (χ2v) is 7.44. The van der Waals surface area contributed by atoms with E-state index >= 15 is 0 Å². The summed E-state index contributed by atoms with van der Waals surface area (Å²) in [6.07, 6.45) is 3.27. The van der Waals surface area contributed by atoms with Crippen LogP contribution in [0.5, 0.6) is 0 Å². The zero-order valence-corrected chi connectivity index (χ0v) is 15.6. The first-order valence-electron chi connectivity index (χ1n) is 8.21. The van der Waals surface area contributed by atoms with Crippen LogP contribution in [0.4, 0.5) is 0 Å². The van der Waals surface area contributed by atoms with Crippen LogP contribution in [0.25, 0.3) is 0 Å². The van der Waals surface area contributed by atoms with Crippen molar-refractivity contribution in [1.82, 2.24) is 5.32 Å². The van der Waals surface area contributed by atoms with E-state index in [-0.39, 0.29) is 12.5 Å². The highest BCUT2D eigenvalue weighted by atomic mass is 31.2.